The minimum Gasteiger partial charge on any atom is -0.353 e. The van der Waals surface area contributed by atoms with Crippen LogP contribution in [0.5, 0.6) is 0 Å². The van der Waals surface area contributed by atoms with Crippen molar-refractivity contribution in [2.45, 2.75) is 30.8 Å². The van der Waals surface area contributed by atoms with Gasteiger partial charge in [-0.15, -0.1) is 0 Å². The summed E-state index contributed by atoms with van der Waals surface area (Å²) in [5.74, 6) is -1.78. The number of nitrogens with zero attached hydrogens (tertiary/aromatic N) is 1. The molecule has 0 radical (unpaired) electrons. The number of fused-ring (bicyclic) bond motifs is 1. The van der Waals surface area contributed by atoms with Crippen LogP contribution in [0, 0.1) is 11.6 Å². The third kappa shape index (κ3) is 5.24. The lowest BCUT2D eigenvalue weighted by Crippen LogP contribution is -2.41. The van der Waals surface area contributed by atoms with E-state index in [1.54, 1.807) is 56.3 Å². The molecule has 2 heterocycles. The van der Waals surface area contributed by atoms with E-state index in [1.807, 2.05) is 0 Å². The van der Waals surface area contributed by atoms with Crippen LogP contribution in [0.15, 0.2) is 83.4 Å². The first-order valence-corrected chi connectivity index (χ1v) is 16.1. The van der Waals surface area contributed by atoms with Gasteiger partial charge in [0.05, 0.1) is 11.4 Å². The van der Waals surface area contributed by atoms with Crippen molar-refractivity contribution in [1.82, 2.24) is 8.96 Å². The second kappa shape index (κ2) is 10.1. The largest absolute Gasteiger partial charge is 0.353 e. The Morgan fingerprint density at radius 3 is 2.44 bits per heavy atom. The normalized spacial score (nSPS) is 17.8. The van der Waals surface area contributed by atoms with Gasteiger partial charge in [-0.1, -0.05) is 18.2 Å². The zero-order valence-corrected chi connectivity index (χ0v) is 24.0. The van der Waals surface area contributed by atoms with E-state index in [0.717, 1.165) is 22.4 Å². The third-order valence-electron chi connectivity index (χ3n) is 7.35. The van der Waals surface area contributed by atoms with Gasteiger partial charge in [0.2, 0.25) is 10.0 Å². The highest BCUT2D eigenvalue weighted by atomic mass is 32.2. The van der Waals surface area contributed by atoms with Crippen LogP contribution >= 0.6 is 0 Å². The summed E-state index contributed by atoms with van der Waals surface area (Å²) >= 11 is 0. The molecule has 1 unspecified atom stereocenters. The Morgan fingerprint density at radius 1 is 1.02 bits per heavy atom. The van der Waals surface area contributed by atoms with Gasteiger partial charge in [0.1, 0.15) is 21.9 Å². The van der Waals surface area contributed by atoms with Gasteiger partial charge in [-0.25, -0.2) is 29.6 Å². The first kappa shape index (κ1) is 28.5. The average molecular weight is 600 g/mol. The van der Waals surface area contributed by atoms with Crippen LogP contribution in [0.25, 0.3) is 16.5 Å². The van der Waals surface area contributed by atoms with E-state index in [9.17, 15) is 30.4 Å². The van der Waals surface area contributed by atoms with E-state index in [2.05, 4.69) is 10.3 Å². The fourth-order valence-electron chi connectivity index (χ4n) is 4.96. The molecule has 5 rings (SSSR count). The first-order chi connectivity index (χ1) is 19.2. The zero-order chi connectivity index (χ0) is 29.7. The Kier molecular flexibility index (Phi) is 7.03. The molecule has 41 heavy (non-hydrogen) atoms. The van der Waals surface area contributed by atoms with Gasteiger partial charge in [0, 0.05) is 41.4 Å². The summed E-state index contributed by atoms with van der Waals surface area (Å²) in [6.07, 6.45) is 7.36. The predicted octanol–water partition coefficient (Wildman–Crippen LogP) is 5.27. The molecule has 1 aliphatic carbocycles. The molecular weight excluding hydrogens is 572 g/mol. The van der Waals surface area contributed by atoms with E-state index in [-0.39, 0.29) is 23.4 Å². The number of H-pyrrole nitrogens is 1. The number of allylic oxidation sites excluding steroid dienone is 3. The Balaban J connectivity index is 1.58. The summed E-state index contributed by atoms with van der Waals surface area (Å²) < 4.78 is 79.5. The third-order valence-corrected chi connectivity index (χ3v) is 10.7. The van der Waals surface area contributed by atoms with Crippen molar-refractivity contribution >= 4 is 47.7 Å². The Morgan fingerprint density at radius 2 is 1.76 bits per heavy atom. The van der Waals surface area contributed by atoms with Crippen LogP contribution in [-0.4, -0.2) is 36.8 Å². The molecule has 1 aliphatic rings. The lowest BCUT2D eigenvalue weighted by Gasteiger charge is -2.33. The van der Waals surface area contributed by atoms with Crippen LogP contribution in [-0.2, 0) is 25.6 Å². The van der Waals surface area contributed by atoms with E-state index >= 15 is 0 Å². The molecule has 214 valence electrons. The summed E-state index contributed by atoms with van der Waals surface area (Å²) in [6.45, 7) is 3.26. The lowest BCUT2D eigenvalue weighted by molar-refractivity contribution is 0.547. The molecular formula is C29H27F2N3O5S2. The molecule has 0 spiro atoms. The van der Waals surface area contributed by atoms with Crippen LogP contribution in [0.2, 0.25) is 0 Å². The minimum absolute atomic E-state index is 0.0118. The highest BCUT2D eigenvalue weighted by Crippen LogP contribution is 2.41. The van der Waals surface area contributed by atoms with Crippen molar-refractivity contribution in [3.05, 3.63) is 112 Å². The molecule has 12 heteroatoms. The van der Waals surface area contributed by atoms with Gasteiger partial charge in [-0.3, -0.25) is 4.79 Å². The van der Waals surface area contributed by atoms with Crippen LogP contribution in [0.1, 0.15) is 31.4 Å². The second-order valence-electron chi connectivity index (χ2n) is 10.3. The Labute approximate surface area is 236 Å². The minimum atomic E-state index is -4.12. The number of nitrogens with one attached hydrogen (secondary N) is 2. The molecule has 2 aromatic carbocycles. The fourth-order valence-corrected chi connectivity index (χ4v) is 7.59. The molecule has 0 aliphatic heterocycles. The monoisotopic (exact) mass is 599 g/mol. The predicted molar refractivity (Wildman–Crippen MR) is 156 cm³/mol. The fraction of sp³-hybridized carbons (Fsp3) is 0.207. The van der Waals surface area contributed by atoms with Crippen molar-refractivity contribution in [2.24, 2.45) is 0 Å². The summed E-state index contributed by atoms with van der Waals surface area (Å²) in [4.78, 5) is 15.0. The number of benzene rings is 2. The summed E-state index contributed by atoms with van der Waals surface area (Å²) in [5, 5.41) is 3.44. The van der Waals surface area contributed by atoms with Gasteiger partial charge < -0.3 is 10.3 Å². The van der Waals surface area contributed by atoms with E-state index in [0.29, 0.717) is 33.3 Å². The van der Waals surface area contributed by atoms with Crippen LogP contribution < -0.4 is 10.9 Å². The van der Waals surface area contributed by atoms with Crippen LogP contribution in [0.3, 0.4) is 0 Å². The molecule has 2 N–H and O–H groups in total. The number of halogens is 2. The lowest BCUT2D eigenvalue weighted by atomic mass is 9.86. The van der Waals surface area contributed by atoms with E-state index in [4.69, 9.17) is 0 Å². The van der Waals surface area contributed by atoms with Crippen molar-refractivity contribution in [2.75, 3.05) is 11.6 Å². The molecule has 1 atom stereocenters. The topological polar surface area (TPSA) is 118 Å². The summed E-state index contributed by atoms with van der Waals surface area (Å²) in [7, 11) is -7.49. The van der Waals surface area contributed by atoms with Crippen molar-refractivity contribution < 1.29 is 25.6 Å². The maximum Gasteiger partial charge on any atom is 0.273 e. The highest BCUT2D eigenvalue weighted by Gasteiger charge is 2.43. The smallest absolute Gasteiger partial charge is 0.273 e. The number of rotatable bonds is 7. The molecule has 0 fully saturated rings. The molecule has 0 bridgehead atoms. The first-order valence-electron chi connectivity index (χ1n) is 12.6. The number of sulfone groups is 1. The van der Waals surface area contributed by atoms with Gasteiger partial charge in [0.25, 0.3) is 5.56 Å². The van der Waals surface area contributed by atoms with E-state index in [1.165, 1.54) is 18.5 Å². The standard InChI is InChI=1S/C29H27F2N3O5S2/c1-18-14-21(8-11-29(18,2)41(38,39)34-13-10-20-9-12-32-28(35)27(20)34)23-15-19(17-40(3,36)37)4-6-25(23)33-26-7-5-22(30)16-24(26)31/h4-10,12-16,33H,11,17H2,1-3H3,(H,32,35). The van der Waals surface area contributed by atoms with Crippen molar-refractivity contribution in [3.8, 4) is 0 Å². The number of hydrogen-bond donors (Lipinski definition) is 2. The number of hydrogen-bond acceptors (Lipinski definition) is 6. The molecule has 4 aromatic rings. The van der Waals surface area contributed by atoms with E-state index < -0.39 is 41.8 Å². The molecule has 8 nitrogen and oxygen atoms in total. The van der Waals surface area contributed by atoms with Crippen LogP contribution in [0.4, 0.5) is 20.2 Å². The van der Waals surface area contributed by atoms with Gasteiger partial charge >= 0.3 is 0 Å². The zero-order valence-electron chi connectivity index (χ0n) is 22.4. The maximum absolute atomic E-state index is 14.5. The number of anilines is 2. The quantitative estimate of drug-likeness (QED) is 0.299. The average Bonchev–Trinajstić information content (AvgIpc) is 3.34. The summed E-state index contributed by atoms with van der Waals surface area (Å²) in [5.41, 5.74) is 1.99. The number of pyridine rings is 1. The van der Waals surface area contributed by atoms with Gasteiger partial charge in [0.15, 0.2) is 9.84 Å². The molecule has 0 saturated carbocycles. The van der Waals surface area contributed by atoms with Gasteiger partial charge in [-0.05, 0) is 73.4 Å². The van der Waals surface area contributed by atoms with Gasteiger partial charge in [-0.2, -0.15) is 0 Å². The molecule has 0 amide bonds. The number of aromatic nitrogens is 2. The Bertz CT molecular complexity index is 2040. The SMILES string of the molecule is CC1=CC(c2cc(CS(C)(=O)=O)ccc2Nc2ccc(F)cc2F)=CCC1(C)S(=O)(=O)n1ccc2cc[nH]c(=O)c21. The second-order valence-corrected chi connectivity index (χ2v) is 14.7. The summed E-state index contributed by atoms with van der Waals surface area (Å²) in [6, 6.07) is 11.1. The Hall–Kier alpha value is -4.03. The highest BCUT2D eigenvalue weighted by molar-refractivity contribution is 7.91. The number of aromatic amines is 1. The van der Waals surface area contributed by atoms with Crippen molar-refractivity contribution in [3.63, 3.8) is 0 Å². The molecule has 2 aromatic heterocycles. The maximum atomic E-state index is 14.5. The molecule has 0 saturated heterocycles. The van der Waals surface area contributed by atoms with Crippen molar-refractivity contribution in [1.29, 1.82) is 0 Å².